The zero-order chi connectivity index (χ0) is 14.1. The Morgan fingerprint density at radius 1 is 1.20 bits per heavy atom. The number of aliphatic hydroxyl groups excluding tert-OH is 1. The molecule has 0 saturated carbocycles. The summed E-state index contributed by atoms with van der Waals surface area (Å²) in [6.45, 7) is 0.136. The van der Waals surface area contributed by atoms with Crippen LogP contribution in [0.2, 0.25) is 0 Å². The van der Waals surface area contributed by atoms with Gasteiger partial charge in [0.1, 0.15) is 12.2 Å². The molecular weight excluding hydrogens is 266 g/mol. The molecule has 0 amide bonds. The SMILES string of the molecule is O=[N+]([O-])[C@H]1[C@@H]2O[C@H](c3ccccc3)OC[C@H]2OC[C@@H]1O. The van der Waals surface area contributed by atoms with Gasteiger partial charge in [0.25, 0.3) is 6.04 Å². The van der Waals surface area contributed by atoms with Crippen LogP contribution in [-0.4, -0.2) is 47.6 Å². The topological polar surface area (TPSA) is 91.1 Å². The summed E-state index contributed by atoms with van der Waals surface area (Å²) >= 11 is 0. The smallest absolute Gasteiger partial charge is 0.269 e. The van der Waals surface area contributed by atoms with E-state index in [1.807, 2.05) is 30.3 Å². The molecule has 0 radical (unpaired) electrons. The maximum Gasteiger partial charge on any atom is 0.269 e. The number of fused-ring (bicyclic) bond motifs is 1. The summed E-state index contributed by atoms with van der Waals surface area (Å²) in [5, 5.41) is 20.9. The molecule has 2 fully saturated rings. The van der Waals surface area contributed by atoms with E-state index in [0.717, 1.165) is 5.56 Å². The minimum absolute atomic E-state index is 0.0739. The third-order valence-corrected chi connectivity index (χ3v) is 3.59. The predicted molar refractivity (Wildman–Crippen MR) is 66.5 cm³/mol. The van der Waals surface area contributed by atoms with Crippen LogP contribution >= 0.6 is 0 Å². The number of hydrogen-bond donors (Lipinski definition) is 1. The molecule has 2 saturated heterocycles. The first-order valence-electron chi connectivity index (χ1n) is 6.42. The Morgan fingerprint density at radius 3 is 2.65 bits per heavy atom. The second kappa shape index (κ2) is 5.45. The molecule has 1 N–H and O–H groups in total. The van der Waals surface area contributed by atoms with Crippen LogP contribution in [0.1, 0.15) is 11.9 Å². The van der Waals surface area contributed by atoms with Crippen LogP contribution in [0.3, 0.4) is 0 Å². The van der Waals surface area contributed by atoms with Gasteiger partial charge >= 0.3 is 0 Å². The first-order chi connectivity index (χ1) is 9.66. The molecule has 7 heteroatoms. The fourth-order valence-electron chi connectivity index (χ4n) is 2.58. The average molecular weight is 281 g/mol. The summed E-state index contributed by atoms with van der Waals surface area (Å²) < 4.78 is 16.6. The summed E-state index contributed by atoms with van der Waals surface area (Å²) in [5.41, 5.74) is 0.785. The molecule has 108 valence electrons. The van der Waals surface area contributed by atoms with E-state index >= 15 is 0 Å². The highest BCUT2D eigenvalue weighted by molar-refractivity contribution is 5.16. The molecule has 20 heavy (non-hydrogen) atoms. The second-order valence-corrected chi connectivity index (χ2v) is 4.89. The van der Waals surface area contributed by atoms with E-state index in [-0.39, 0.29) is 13.2 Å². The normalized spacial score (nSPS) is 37.1. The predicted octanol–water partition coefficient (Wildman–Crippen LogP) is 0.506. The molecular formula is C13H15NO6. The molecule has 2 aliphatic heterocycles. The van der Waals surface area contributed by atoms with Crippen molar-refractivity contribution in [3.05, 3.63) is 46.0 Å². The minimum Gasteiger partial charge on any atom is -0.383 e. The Morgan fingerprint density at radius 2 is 1.95 bits per heavy atom. The molecule has 2 aliphatic rings. The number of ether oxygens (including phenoxy) is 3. The van der Waals surface area contributed by atoms with E-state index in [2.05, 4.69) is 0 Å². The lowest BCUT2D eigenvalue weighted by molar-refractivity contribution is -0.564. The summed E-state index contributed by atoms with van der Waals surface area (Å²) in [7, 11) is 0. The fourth-order valence-corrected chi connectivity index (χ4v) is 2.58. The van der Waals surface area contributed by atoms with Crippen molar-refractivity contribution in [1.29, 1.82) is 0 Å². The van der Waals surface area contributed by atoms with Crippen molar-refractivity contribution in [1.82, 2.24) is 0 Å². The lowest BCUT2D eigenvalue weighted by Gasteiger charge is -2.41. The molecule has 0 aliphatic carbocycles. The van der Waals surface area contributed by atoms with Gasteiger partial charge < -0.3 is 19.3 Å². The van der Waals surface area contributed by atoms with Crippen LogP contribution in [0, 0.1) is 10.1 Å². The number of benzene rings is 1. The van der Waals surface area contributed by atoms with Crippen LogP contribution < -0.4 is 0 Å². The van der Waals surface area contributed by atoms with Crippen molar-refractivity contribution in [3.8, 4) is 0 Å². The van der Waals surface area contributed by atoms with Crippen LogP contribution in [-0.2, 0) is 14.2 Å². The Labute approximate surface area is 115 Å². The Balaban J connectivity index is 1.80. The summed E-state index contributed by atoms with van der Waals surface area (Å²) in [5.74, 6) is 0. The third-order valence-electron chi connectivity index (χ3n) is 3.59. The summed E-state index contributed by atoms with van der Waals surface area (Å²) in [6.07, 6.45) is -3.17. The molecule has 5 atom stereocenters. The monoisotopic (exact) mass is 281 g/mol. The first-order valence-corrected chi connectivity index (χ1v) is 6.42. The molecule has 2 heterocycles. The van der Waals surface area contributed by atoms with Gasteiger partial charge in [-0.15, -0.1) is 0 Å². The molecule has 0 bridgehead atoms. The highest BCUT2D eigenvalue weighted by Crippen LogP contribution is 2.32. The van der Waals surface area contributed by atoms with Gasteiger partial charge in [0.05, 0.1) is 13.2 Å². The zero-order valence-corrected chi connectivity index (χ0v) is 10.6. The van der Waals surface area contributed by atoms with Gasteiger partial charge in [-0.2, -0.15) is 0 Å². The van der Waals surface area contributed by atoms with Crippen molar-refractivity contribution < 1.29 is 24.2 Å². The van der Waals surface area contributed by atoms with Crippen molar-refractivity contribution in [2.24, 2.45) is 0 Å². The number of rotatable bonds is 2. The van der Waals surface area contributed by atoms with Crippen LogP contribution in [0.5, 0.6) is 0 Å². The van der Waals surface area contributed by atoms with E-state index in [4.69, 9.17) is 14.2 Å². The molecule has 0 aromatic heterocycles. The van der Waals surface area contributed by atoms with Gasteiger partial charge in [-0.05, 0) is 0 Å². The molecule has 3 rings (SSSR count). The van der Waals surface area contributed by atoms with E-state index in [1.54, 1.807) is 0 Å². The quantitative estimate of drug-likeness (QED) is 0.627. The largest absolute Gasteiger partial charge is 0.383 e. The molecule has 1 aromatic carbocycles. The van der Waals surface area contributed by atoms with Crippen molar-refractivity contribution in [3.63, 3.8) is 0 Å². The average Bonchev–Trinajstić information content (AvgIpc) is 2.47. The third kappa shape index (κ3) is 2.40. The Kier molecular flexibility index (Phi) is 3.66. The maximum absolute atomic E-state index is 11.1. The second-order valence-electron chi connectivity index (χ2n) is 4.89. The summed E-state index contributed by atoms with van der Waals surface area (Å²) in [6, 6.07) is 8.00. The van der Waals surface area contributed by atoms with Gasteiger partial charge in [-0.1, -0.05) is 30.3 Å². The van der Waals surface area contributed by atoms with E-state index in [0.29, 0.717) is 0 Å². The van der Waals surface area contributed by atoms with E-state index in [1.165, 1.54) is 0 Å². The van der Waals surface area contributed by atoms with Crippen LogP contribution in [0.25, 0.3) is 0 Å². The van der Waals surface area contributed by atoms with Crippen molar-refractivity contribution in [2.45, 2.75) is 30.6 Å². The van der Waals surface area contributed by atoms with Gasteiger partial charge in [0, 0.05) is 10.5 Å². The first kappa shape index (κ1) is 13.4. The van der Waals surface area contributed by atoms with Gasteiger partial charge in [-0.3, -0.25) is 10.1 Å². The van der Waals surface area contributed by atoms with E-state index in [9.17, 15) is 15.2 Å². The van der Waals surface area contributed by atoms with Gasteiger partial charge in [0.15, 0.2) is 12.4 Å². The lowest BCUT2D eigenvalue weighted by Crippen LogP contribution is -2.60. The van der Waals surface area contributed by atoms with Gasteiger partial charge in [-0.25, -0.2) is 0 Å². The number of nitro groups is 1. The highest BCUT2D eigenvalue weighted by Gasteiger charge is 2.51. The van der Waals surface area contributed by atoms with Crippen LogP contribution in [0.15, 0.2) is 30.3 Å². The van der Waals surface area contributed by atoms with Crippen molar-refractivity contribution >= 4 is 0 Å². The molecule has 1 aromatic rings. The number of nitrogens with zero attached hydrogens (tertiary/aromatic N) is 1. The number of aliphatic hydroxyl groups is 1. The van der Waals surface area contributed by atoms with E-state index < -0.39 is 35.6 Å². The molecule has 0 spiro atoms. The van der Waals surface area contributed by atoms with Crippen molar-refractivity contribution in [2.75, 3.05) is 13.2 Å². The standard InChI is InChI=1S/C13H15NO6/c15-9-6-18-10-7-19-13(8-4-2-1-3-5-8)20-12(10)11(9)14(16)17/h1-5,9-13,15H,6-7H2/t9-,10+,11+,12+,13+/m0/s1. The molecule has 0 unspecified atom stereocenters. The minimum atomic E-state index is -1.19. The maximum atomic E-state index is 11.1. The summed E-state index contributed by atoms with van der Waals surface area (Å²) in [4.78, 5) is 10.6. The Bertz CT molecular complexity index is 481. The van der Waals surface area contributed by atoms with Gasteiger partial charge in [0.2, 0.25) is 0 Å². The number of hydrogen-bond acceptors (Lipinski definition) is 6. The highest BCUT2D eigenvalue weighted by atomic mass is 16.7. The molecule has 7 nitrogen and oxygen atoms in total. The Hall–Kier alpha value is -1.54. The van der Waals surface area contributed by atoms with Crippen LogP contribution in [0.4, 0.5) is 0 Å². The fraction of sp³-hybridized carbons (Fsp3) is 0.538. The zero-order valence-electron chi connectivity index (χ0n) is 10.6. The lowest BCUT2D eigenvalue weighted by atomic mass is 9.97.